The molecule has 0 spiro atoms. The van der Waals surface area contributed by atoms with Crippen LogP contribution in [0.2, 0.25) is 0 Å². The first-order valence-electron chi connectivity index (χ1n) is 7.32. The molecule has 0 aromatic heterocycles. The van der Waals surface area contributed by atoms with Crippen LogP contribution in [0.25, 0.3) is 0 Å². The maximum absolute atomic E-state index is 10.6. The van der Waals surface area contributed by atoms with Gasteiger partial charge >= 0.3 is 0 Å². The van der Waals surface area contributed by atoms with Gasteiger partial charge in [-0.1, -0.05) is 26.3 Å². The number of nitrogens with zero attached hydrogens (tertiary/aromatic N) is 1. The lowest BCUT2D eigenvalue weighted by atomic mass is 9.80. The number of hydrogen-bond acceptors (Lipinski definition) is 3. The highest BCUT2D eigenvalue weighted by Crippen LogP contribution is 2.37. The summed E-state index contributed by atoms with van der Waals surface area (Å²) in [5.74, 6) is 0.481. The Kier molecular flexibility index (Phi) is 4.15. The predicted octanol–water partition coefficient (Wildman–Crippen LogP) is 1.94. The van der Waals surface area contributed by atoms with E-state index in [9.17, 15) is 10.2 Å². The zero-order valence-electron chi connectivity index (χ0n) is 11.9. The van der Waals surface area contributed by atoms with Gasteiger partial charge in [-0.2, -0.15) is 0 Å². The van der Waals surface area contributed by atoms with Crippen LogP contribution in [-0.4, -0.2) is 45.9 Å². The molecule has 0 aromatic carbocycles. The van der Waals surface area contributed by atoms with E-state index >= 15 is 0 Å². The molecule has 2 heterocycles. The summed E-state index contributed by atoms with van der Waals surface area (Å²) >= 11 is 0. The van der Waals surface area contributed by atoms with E-state index in [1.807, 2.05) is 0 Å². The second-order valence-corrected chi connectivity index (χ2v) is 6.26. The van der Waals surface area contributed by atoms with Gasteiger partial charge in [-0.25, -0.2) is 0 Å². The zero-order chi connectivity index (χ0) is 13.3. The second-order valence-electron chi connectivity index (χ2n) is 6.26. The Labute approximate surface area is 110 Å². The summed E-state index contributed by atoms with van der Waals surface area (Å²) in [6.07, 6.45) is 5.91. The summed E-state index contributed by atoms with van der Waals surface area (Å²) in [5.41, 5.74) is 0.0195. The molecule has 2 aliphatic rings. The first-order chi connectivity index (χ1) is 8.46. The summed E-state index contributed by atoms with van der Waals surface area (Å²) in [7, 11) is 0. The Morgan fingerprint density at radius 3 is 2.94 bits per heavy atom. The van der Waals surface area contributed by atoms with Crippen LogP contribution in [0.1, 0.15) is 46.5 Å². The van der Waals surface area contributed by atoms with Crippen molar-refractivity contribution in [1.82, 2.24) is 4.90 Å². The Morgan fingerprint density at radius 1 is 1.56 bits per heavy atom. The van der Waals surface area contributed by atoms with Crippen LogP contribution in [-0.2, 0) is 0 Å². The summed E-state index contributed by atoms with van der Waals surface area (Å²) in [4.78, 5) is 2.33. The van der Waals surface area contributed by atoms with Gasteiger partial charge in [-0.3, -0.25) is 4.90 Å². The summed E-state index contributed by atoms with van der Waals surface area (Å²) < 4.78 is 0. The fourth-order valence-corrected chi connectivity index (χ4v) is 3.60. The highest BCUT2D eigenvalue weighted by molar-refractivity contribution is 5.23. The van der Waals surface area contributed by atoms with Gasteiger partial charge in [0.15, 0.2) is 0 Å². The van der Waals surface area contributed by atoms with Crippen molar-refractivity contribution in [2.45, 2.75) is 64.2 Å². The van der Waals surface area contributed by atoms with Crippen LogP contribution in [0, 0.1) is 5.92 Å². The molecule has 18 heavy (non-hydrogen) atoms. The number of allylic oxidation sites excluding steroid dienone is 1. The van der Waals surface area contributed by atoms with E-state index in [0.29, 0.717) is 5.92 Å². The maximum atomic E-state index is 10.6. The Balaban J connectivity index is 2.17. The maximum Gasteiger partial charge on any atom is 0.107 e. The van der Waals surface area contributed by atoms with Crippen LogP contribution >= 0.6 is 0 Å². The average Bonchev–Trinajstić information content (AvgIpc) is 2.75. The molecule has 0 saturated carbocycles. The van der Waals surface area contributed by atoms with E-state index in [1.54, 1.807) is 6.92 Å². The van der Waals surface area contributed by atoms with Crippen molar-refractivity contribution >= 4 is 0 Å². The molecule has 2 N–H and O–H groups in total. The molecule has 0 aromatic rings. The largest absolute Gasteiger partial charge is 0.386 e. The minimum absolute atomic E-state index is 0.131. The fourth-order valence-electron chi connectivity index (χ4n) is 3.60. The van der Waals surface area contributed by atoms with Crippen LogP contribution < -0.4 is 0 Å². The average molecular weight is 253 g/mol. The first kappa shape index (κ1) is 14.0. The van der Waals surface area contributed by atoms with Gasteiger partial charge < -0.3 is 10.2 Å². The Bertz CT molecular complexity index is 324. The van der Waals surface area contributed by atoms with E-state index in [2.05, 4.69) is 24.8 Å². The number of piperidine rings is 1. The molecule has 0 bridgehead atoms. The second kappa shape index (κ2) is 5.32. The zero-order valence-corrected chi connectivity index (χ0v) is 11.9. The molecule has 0 aliphatic carbocycles. The summed E-state index contributed by atoms with van der Waals surface area (Å²) in [6.45, 7) is 8.04. The molecule has 104 valence electrons. The standard InChI is InChI=1S/C15H27NO2/c1-4-6-11(2)9-12-10-16-8-5-7-13(16)15(3,18)14(12)17/h9,11,13-14,17-18H,4-8,10H2,1-3H3/b12-9+/t11-,13-,14-,15+/m0/s1. The lowest BCUT2D eigenvalue weighted by Gasteiger charge is -2.46. The minimum Gasteiger partial charge on any atom is -0.386 e. The lowest BCUT2D eigenvalue weighted by Crippen LogP contribution is -2.61. The molecular formula is C15H27NO2. The topological polar surface area (TPSA) is 43.7 Å². The molecule has 0 amide bonds. The quantitative estimate of drug-likeness (QED) is 0.756. The molecule has 3 nitrogen and oxygen atoms in total. The molecule has 3 heteroatoms. The van der Waals surface area contributed by atoms with Crippen molar-refractivity contribution in [1.29, 1.82) is 0 Å². The number of aliphatic hydroxyl groups excluding tert-OH is 1. The van der Waals surface area contributed by atoms with E-state index in [-0.39, 0.29) is 6.04 Å². The highest BCUT2D eigenvalue weighted by atomic mass is 16.3. The van der Waals surface area contributed by atoms with Gasteiger partial charge in [0.25, 0.3) is 0 Å². The van der Waals surface area contributed by atoms with Gasteiger partial charge in [0.1, 0.15) is 11.7 Å². The molecule has 2 fully saturated rings. The molecule has 0 radical (unpaired) electrons. The van der Waals surface area contributed by atoms with Crippen LogP contribution in [0.15, 0.2) is 11.6 Å². The van der Waals surface area contributed by atoms with Gasteiger partial charge in [-0.05, 0) is 44.2 Å². The smallest absolute Gasteiger partial charge is 0.107 e. The third-order valence-corrected chi connectivity index (χ3v) is 4.57. The van der Waals surface area contributed by atoms with E-state index in [4.69, 9.17) is 0 Å². The van der Waals surface area contributed by atoms with Crippen LogP contribution in [0.4, 0.5) is 0 Å². The van der Waals surface area contributed by atoms with E-state index in [1.165, 1.54) is 0 Å². The fraction of sp³-hybridized carbons (Fsp3) is 0.867. The third-order valence-electron chi connectivity index (χ3n) is 4.57. The number of rotatable bonds is 3. The van der Waals surface area contributed by atoms with Gasteiger partial charge in [0.05, 0.1) is 0 Å². The van der Waals surface area contributed by atoms with E-state index in [0.717, 1.165) is 44.3 Å². The molecule has 4 atom stereocenters. The SMILES string of the molecule is CCC[C@H](C)/C=C1\CN2CCC[C@H]2[C@@](C)(O)[C@H]1O. The number of fused-ring (bicyclic) bond motifs is 1. The van der Waals surface area contributed by atoms with Crippen LogP contribution in [0.5, 0.6) is 0 Å². The van der Waals surface area contributed by atoms with Crippen molar-refractivity contribution in [3.05, 3.63) is 11.6 Å². The van der Waals surface area contributed by atoms with Crippen molar-refractivity contribution in [2.75, 3.05) is 13.1 Å². The third kappa shape index (κ3) is 2.49. The Morgan fingerprint density at radius 2 is 2.28 bits per heavy atom. The predicted molar refractivity (Wildman–Crippen MR) is 73.4 cm³/mol. The van der Waals surface area contributed by atoms with Crippen molar-refractivity contribution in [2.24, 2.45) is 5.92 Å². The Hall–Kier alpha value is -0.380. The monoisotopic (exact) mass is 253 g/mol. The highest BCUT2D eigenvalue weighted by Gasteiger charge is 2.49. The van der Waals surface area contributed by atoms with Crippen molar-refractivity contribution in [3.8, 4) is 0 Å². The van der Waals surface area contributed by atoms with Crippen molar-refractivity contribution in [3.63, 3.8) is 0 Å². The van der Waals surface area contributed by atoms with Crippen molar-refractivity contribution < 1.29 is 10.2 Å². The van der Waals surface area contributed by atoms with Crippen LogP contribution in [0.3, 0.4) is 0 Å². The van der Waals surface area contributed by atoms with Gasteiger partial charge in [0, 0.05) is 12.6 Å². The van der Waals surface area contributed by atoms with Gasteiger partial charge in [-0.15, -0.1) is 0 Å². The van der Waals surface area contributed by atoms with Gasteiger partial charge in [0.2, 0.25) is 0 Å². The molecule has 2 rings (SSSR count). The molecular weight excluding hydrogens is 226 g/mol. The summed E-state index contributed by atoms with van der Waals surface area (Å²) in [5, 5.41) is 21.0. The lowest BCUT2D eigenvalue weighted by molar-refractivity contribution is -0.110. The molecule has 2 aliphatic heterocycles. The van der Waals surface area contributed by atoms with E-state index < -0.39 is 11.7 Å². The first-order valence-corrected chi connectivity index (χ1v) is 7.32. The minimum atomic E-state index is -0.994. The number of hydrogen-bond donors (Lipinski definition) is 2. The number of aliphatic hydroxyl groups is 2. The normalized spacial score (nSPS) is 41.1. The molecule has 0 unspecified atom stereocenters. The molecule has 2 saturated heterocycles. The summed E-state index contributed by atoms with van der Waals surface area (Å²) in [6, 6.07) is 0.131.